The van der Waals surface area contributed by atoms with Crippen molar-refractivity contribution < 1.29 is 14.0 Å². The van der Waals surface area contributed by atoms with Crippen LogP contribution in [0.4, 0.5) is 10.1 Å². The van der Waals surface area contributed by atoms with Crippen LogP contribution in [0.1, 0.15) is 39.5 Å². The molecule has 6 nitrogen and oxygen atoms in total. The van der Waals surface area contributed by atoms with Gasteiger partial charge in [-0.1, -0.05) is 30.3 Å². The van der Waals surface area contributed by atoms with Gasteiger partial charge in [-0.15, -0.1) is 0 Å². The van der Waals surface area contributed by atoms with E-state index >= 15 is 0 Å². The summed E-state index contributed by atoms with van der Waals surface area (Å²) in [6.45, 7) is 2.06. The molecule has 3 heterocycles. The maximum Gasteiger partial charge on any atom is 0.257 e. The highest BCUT2D eigenvalue weighted by atomic mass is 19.1. The molecule has 30 heavy (non-hydrogen) atoms. The van der Waals surface area contributed by atoms with E-state index in [-0.39, 0.29) is 11.5 Å². The number of anilines is 1. The fraction of sp³-hybridized carbons (Fsp3) is 0.261. The molecule has 1 fully saturated rings. The minimum atomic E-state index is -0.936. The van der Waals surface area contributed by atoms with E-state index in [9.17, 15) is 14.0 Å². The number of fused-ring (bicyclic) bond motifs is 2. The summed E-state index contributed by atoms with van der Waals surface area (Å²) in [5, 5.41) is 7.25. The van der Waals surface area contributed by atoms with Crippen molar-refractivity contribution in [2.45, 2.75) is 24.8 Å². The molecule has 0 saturated carbocycles. The minimum Gasteiger partial charge on any atom is -0.330 e. The van der Waals surface area contributed by atoms with Crippen LogP contribution in [-0.4, -0.2) is 33.0 Å². The first-order valence-corrected chi connectivity index (χ1v) is 9.89. The maximum atomic E-state index is 14.6. The Morgan fingerprint density at radius 2 is 2.03 bits per heavy atom. The Kier molecular flexibility index (Phi) is 4.03. The van der Waals surface area contributed by atoms with Crippen molar-refractivity contribution in [3.05, 3.63) is 82.9 Å². The highest BCUT2D eigenvalue weighted by Gasteiger charge is 2.59. The van der Waals surface area contributed by atoms with Crippen LogP contribution in [0.25, 0.3) is 0 Å². The Bertz CT molecular complexity index is 1170. The van der Waals surface area contributed by atoms with Gasteiger partial charge in [-0.3, -0.25) is 14.3 Å². The van der Waals surface area contributed by atoms with Crippen molar-refractivity contribution >= 4 is 17.5 Å². The van der Waals surface area contributed by atoms with Crippen molar-refractivity contribution in [1.82, 2.24) is 14.7 Å². The lowest BCUT2D eigenvalue weighted by Gasteiger charge is -2.33. The first-order chi connectivity index (χ1) is 14.4. The SMILES string of the molecule is Cc1cccc(F)c1C(=O)N1CCC2(C(=O)Nc3ccccc32)C1c1cnn(C)c1. The topological polar surface area (TPSA) is 67.2 Å². The summed E-state index contributed by atoms with van der Waals surface area (Å²) in [4.78, 5) is 28.5. The zero-order valence-electron chi connectivity index (χ0n) is 16.7. The van der Waals surface area contributed by atoms with Crippen LogP contribution >= 0.6 is 0 Å². The third kappa shape index (κ3) is 2.44. The van der Waals surface area contributed by atoms with Crippen molar-refractivity contribution in [3.8, 4) is 0 Å². The van der Waals surface area contributed by atoms with Gasteiger partial charge >= 0.3 is 0 Å². The van der Waals surface area contributed by atoms with Gasteiger partial charge in [0.2, 0.25) is 5.91 Å². The molecule has 0 radical (unpaired) electrons. The van der Waals surface area contributed by atoms with Crippen molar-refractivity contribution in [2.24, 2.45) is 7.05 Å². The highest BCUT2D eigenvalue weighted by Crippen LogP contribution is 2.55. The summed E-state index contributed by atoms with van der Waals surface area (Å²) in [5.41, 5.74) is 2.06. The standard InChI is InChI=1S/C23H21FN4O2/c1-14-6-5-8-17(24)19(14)21(29)28-11-10-23(20(28)15-12-25-27(2)13-15)16-7-3-4-9-18(16)26-22(23)30/h3-9,12-13,20H,10-11H2,1-2H3,(H,26,30). The molecule has 0 bridgehead atoms. The fourth-order valence-electron chi connectivity index (χ4n) is 5.00. The monoisotopic (exact) mass is 404 g/mol. The molecule has 5 rings (SSSR count). The number of hydrogen-bond donors (Lipinski definition) is 1. The third-order valence-electron chi connectivity index (χ3n) is 6.32. The second kappa shape index (κ2) is 6.52. The van der Waals surface area contributed by atoms with E-state index in [1.807, 2.05) is 30.5 Å². The molecule has 1 spiro atoms. The predicted molar refractivity (Wildman–Crippen MR) is 109 cm³/mol. The van der Waals surface area contributed by atoms with E-state index in [4.69, 9.17) is 0 Å². The van der Waals surface area contributed by atoms with Crippen LogP contribution in [0.2, 0.25) is 0 Å². The molecule has 152 valence electrons. The van der Waals surface area contributed by atoms with Gasteiger partial charge in [-0.25, -0.2) is 4.39 Å². The van der Waals surface area contributed by atoms with E-state index in [1.54, 1.807) is 41.9 Å². The van der Waals surface area contributed by atoms with E-state index in [1.165, 1.54) is 6.07 Å². The molecule has 1 N–H and O–H groups in total. The molecule has 1 aromatic heterocycles. The first-order valence-electron chi connectivity index (χ1n) is 9.89. The number of nitrogens with zero attached hydrogens (tertiary/aromatic N) is 3. The molecule has 1 saturated heterocycles. The largest absolute Gasteiger partial charge is 0.330 e. The van der Waals surface area contributed by atoms with Gasteiger partial charge in [0.05, 0.1) is 17.8 Å². The van der Waals surface area contributed by atoms with E-state index in [0.29, 0.717) is 18.5 Å². The Morgan fingerprint density at radius 3 is 2.77 bits per heavy atom. The zero-order valence-corrected chi connectivity index (χ0v) is 16.7. The second-order valence-corrected chi connectivity index (χ2v) is 8.00. The number of rotatable bonds is 2. The molecule has 0 aliphatic carbocycles. The summed E-state index contributed by atoms with van der Waals surface area (Å²) in [6, 6.07) is 11.6. The van der Waals surface area contributed by atoms with E-state index < -0.39 is 23.2 Å². The maximum absolute atomic E-state index is 14.6. The summed E-state index contributed by atoms with van der Waals surface area (Å²) in [6.07, 6.45) is 3.95. The molecule has 3 aromatic rings. The lowest BCUT2D eigenvalue weighted by atomic mass is 9.73. The highest BCUT2D eigenvalue weighted by molar-refractivity contribution is 6.08. The number of nitrogens with one attached hydrogen (secondary N) is 1. The predicted octanol–water partition coefficient (Wildman–Crippen LogP) is 3.34. The smallest absolute Gasteiger partial charge is 0.257 e. The van der Waals surface area contributed by atoms with E-state index in [0.717, 1.165) is 16.8 Å². The molecular weight excluding hydrogens is 383 g/mol. The summed E-state index contributed by atoms with van der Waals surface area (Å²) >= 11 is 0. The summed E-state index contributed by atoms with van der Waals surface area (Å²) in [5.74, 6) is -1.10. The van der Waals surface area contributed by atoms with Gasteiger partial charge in [-0.05, 0) is 36.6 Å². The van der Waals surface area contributed by atoms with Crippen molar-refractivity contribution in [3.63, 3.8) is 0 Å². The van der Waals surface area contributed by atoms with Crippen LogP contribution in [0.5, 0.6) is 0 Å². The molecule has 2 amide bonds. The normalized spacial score (nSPS) is 22.4. The first kappa shape index (κ1) is 18.5. The molecular formula is C23H21FN4O2. The lowest BCUT2D eigenvalue weighted by molar-refractivity contribution is -0.121. The van der Waals surface area contributed by atoms with Gasteiger partial charge in [-0.2, -0.15) is 5.10 Å². The number of aryl methyl sites for hydroxylation is 2. The fourth-order valence-corrected chi connectivity index (χ4v) is 5.00. The molecule has 2 aromatic carbocycles. The van der Waals surface area contributed by atoms with Gasteiger partial charge in [0.1, 0.15) is 11.2 Å². The zero-order chi connectivity index (χ0) is 21.0. The Hall–Kier alpha value is -3.48. The van der Waals surface area contributed by atoms with Gasteiger partial charge < -0.3 is 10.2 Å². The Balaban J connectivity index is 1.69. The number of hydrogen-bond acceptors (Lipinski definition) is 3. The molecule has 2 aliphatic heterocycles. The van der Waals surface area contributed by atoms with Gasteiger partial charge in [0.25, 0.3) is 5.91 Å². The third-order valence-corrected chi connectivity index (χ3v) is 6.32. The number of amides is 2. The lowest BCUT2D eigenvalue weighted by Crippen LogP contribution is -2.42. The van der Waals surface area contributed by atoms with E-state index in [2.05, 4.69) is 10.4 Å². The quantitative estimate of drug-likeness (QED) is 0.712. The van der Waals surface area contributed by atoms with Crippen molar-refractivity contribution in [1.29, 1.82) is 0 Å². The molecule has 2 unspecified atom stereocenters. The Morgan fingerprint density at radius 1 is 1.23 bits per heavy atom. The average Bonchev–Trinajstić information content (AvgIpc) is 3.39. The van der Waals surface area contributed by atoms with Gasteiger partial charge in [0.15, 0.2) is 0 Å². The van der Waals surface area contributed by atoms with Gasteiger partial charge in [0, 0.05) is 31.0 Å². The summed E-state index contributed by atoms with van der Waals surface area (Å²) < 4.78 is 16.3. The van der Waals surface area contributed by atoms with Crippen LogP contribution < -0.4 is 5.32 Å². The number of halogens is 1. The van der Waals surface area contributed by atoms with Crippen LogP contribution in [0, 0.1) is 12.7 Å². The minimum absolute atomic E-state index is 0.0510. The number of likely N-dealkylation sites (tertiary alicyclic amines) is 1. The number of carbonyl (C=O) groups excluding carboxylic acids is 2. The number of para-hydroxylation sites is 1. The average molecular weight is 404 g/mol. The Labute approximate surface area is 173 Å². The van der Waals surface area contributed by atoms with Crippen molar-refractivity contribution in [2.75, 3.05) is 11.9 Å². The number of carbonyl (C=O) groups is 2. The van der Waals surface area contributed by atoms with Crippen LogP contribution in [0.3, 0.4) is 0 Å². The van der Waals surface area contributed by atoms with Crippen LogP contribution in [0.15, 0.2) is 54.9 Å². The molecule has 2 atom stereocenters. The number of benzene rings is 2. The summed E-state index contributed by atoms with van der Waals surface area (Å²) in [7, 11) is 1.79. The number of aromatic nitrogens is 2. The molecule has 2 aliphatic rings. The molecule has 7 heteroatoms. The second-order valence-electron chi connectivity index (χ2n) is 8.00. The van der Waals surface area contributed by atoms with Crippen LogP contribution in [-0.2, 0) is 17.3 Å².